The second kappa shape index (κ2) is 7.84. The number of methoxy groups -OCH3 is 2. The Labute approximate surface area is 181 Å². The van der Waals surface area contributed by atoms with Gasteiger partial charge in [0.2, 0.25) is 11.8 Å². The van der Waals surface area contributed by atoms with Crippen molar-refractivity contribution < 1.29 is 9.47 Å². The van der Waals surface area contributed by atoms with Crippen LogP contribution in [0.3, 0.4) is 0 Å². The maximum absolute atomic E-state index is 5.39. The van der Waals surface area contributed by atoms with Crippen LogP contribution in [0.25, 0.3) is 11.3 Å². The molecule has 0 radical (unpaired) electrons. The third kappa shape index (κ3) is 3.32. The molecule has 0 atom stereocenters. The highest BCUT2D eigenvalue weighted by Crippen LogP contribution is 2.51. The van der Waals surface area contributed by atoms with E-state index in [0.29, 0.717) is 11.8 Å². The Morgan fingerprint density at radius 3 is 1.94 bits per heavy atom. The lowest BCUT2D eigenvalue weighted by Gasteiger charge is -2.32. The van der Waals surface area contributed by atoms with Gasteiger partial charge in [-0.05, 0) is 53.3 Å². The minimum absolute atomic E-state index is 0.279. The monoisotopic (exact) mass is 409 g/mol. The van der Waals surface area contributed by atoms with E-state index in [0.717, 1.165) is 18.5 Å². The lowest BCUT2D eigenvalue weighted by Crippen LogP contribution is -2.31. The number of pyridine rings is 3. The molecule has 1 aromatic carbocycles. The van der Waals surface area contributed by atoms with E-state index in [-0.39, 0.29) is 5.41 Å². The predicted octanol–water partition coefficient (Wildman–Crippen LogP) is 4.64. The molecule has 3 aromatic heterocycles. The van der Waals surface area contributed by atoms with Crippen molar-refractivity contribution in [1.82, 2.24) is 15.0 Å². The summed E-state index contributed by atoms with van der Waals surface area (Å²) in [7, 11) is 3.30. The summed E-state index contributed by atoms with van der Waals surface area (Å²) in [6.07, 6.45) is 7.08. The number of aromatic nitrogens is 3. The highest BCUT2D eigenvalue weighted by atomic mass is 16.5. The van der Waals surface area contributed by atoms with Gasteiger partial charge < -0.3 is 9.47 Å². The van der Waals surface area contributed by atoms with Crippen LogP contribution in [0, 0.1) is 0 Å². The van der Waals surface area contributed by atoms with Crippen molar-refractivity contribution in [3.8, 4) is 23.0 Å². The summed E-state index contributed by atoms with van der Waals surface area (Å²) >= 11 is 0. The average Bonchev–Trinajstić information content (AvgIpc) is 3.09. The maximum atomic E-state index is 5.39. The zero-order chi connectivity index (χ0) is 21.3. The molecule has 5 heteroatoms. The zero-order valence-electron chi connectivity index (χ0n) is 17.6. The van der Waals surface area contributed by atoms with Gasteiger partial charge in [-0.25, -0.2) is 9.97 Å². The first kappa shape index (κ1) is 19.2. The Balaban J connectivity index is 1.71. The van der Waals surface area contributed by atoms with Gasteiger partial charge in [-0.2, -0.15) is 0 Å². The Morgan fingerprint density at radius 2 is 1.29 bits per heavy atom. The van der Waals surface area contributed by atoms with Crippen LogP contribution in [0.2, 0.25) is 0 Å². The first-order valence-electron chi connectivity index (χ1n) is 10.3. The lowest BCUT2D eigenvalue weighted by molar-refractivity contribution is 0.395. The molecule has 154 valence electrons. The largest absolute Gasteiger partial charge is 0.481 e. The van der Waals surface area contributed by atoms with Crippen LogP contribution >= 0.6 is 0 Å². The second-order valence-corrected chi connectivity index (χ2v) is 7.79. The molecule has 0 fully saturated rings. The fourth-order valence-corrected chi connectivity index (χ4v) is 4.74. The molecule has 5 rings (SSSR count). The smallest absolute Gasteiger partial charge is 0.213 e. The summed E-state index contributed by atoms with van der Waals surface area (Å²) in [6, 6.07) is 21.0. The van der Waals surface area contributed by atoms with E-state index in [2.05, 4.69) is 52.4 Å². The topological polar surface area (TPSA) is 57.1 Å². The van der Waals surface area contributed by atoms with Gasteiger partial charge in [0.15, 0.2) is 0 Å². The van der Waals surface area contributed by atoms with Crippen LogP contribution in [-0.2, 0) is 18.3 Å². The number of hydrogen-bond acceptors (Lipinski definition) is 5. The van der Waals surface area contributed by atoms with Crippen LogP contribution in [0.4, 0.5) is 0 Å². The lowest BCUT2D eigenvalue weighted by atomic mass is 9.70. The normalized spacial score (nSPS) is 13.4. The number of benzene rings is 1. The molecule has 0 bridgehead atoms. The summed E-state index contributed by atoms with van der Waals surface area (Å²) in [4.78, 5) is 13.4. The summed E-state index contributed by atoms with van der Waals surface area (Å²) in [6.45, 7) is 0. The summed E-state index contributed by atoms with van der Waals surface area (Å²) in [5.41, 5.74) is 6.83. The molecule has 1 aliphatic rings. The van der Waals surface area contributed by atoms with Crippen molar-refractivity contribution in [2.45, 2.75) is 18.3 Å². The minimum atomic E-state index is -0.279. The van der Waals surface area contributed by atoms with Crippen LogP contribution < -0.4 is 9.47 Å². The molecule has 31 heavy (non-hydrogen) atoms. The van der Waals surface area contributed by atoms with Gasteiger partial charge in [0.1, 0.15) is 0 Å². The Morgan fingerprint density at radius 1 is 0.677 bits per heavy atom. The fourth-order valence-electron chi connectivity index (χ4n) is 4.74. The van der Waals surface area contributed by atoms with E-state index in [1.807, 2.05) is 36.8 Å². The molecular weight excluding hydrogens is 386 g/mol. The number of ether oxygens (including phenoxy) is 2. The molecule has 5 nitrogen and oxygen atoms in total. The van der Waals surface area contributed by atoms with Gasteiger partial charge in [-0.3, -0.25) is 4.98 Å². The van der Waals surface area contributed by atoms with Crippen molar-refractivity contribution >= 4 is 0 Å². The van der Waals surface area contributed by atoms with Gasteiger partial charge in [-0.15, -0.1) is 0 Å². The molecule has 0 N–H and O–H groups in total. The Bertz CT molecular complexity index is 1140. The van der Waals surface area contributed by atoms with E-state index in [4.69, 9.17) is 14.5 Å². The number of nitrogens with zero attached hydrogens (tertiary/aromatic N) is 3. The second-order valence-electron chi connectivity index (χ2n) is 7.79. The fraction of sp³-hybridized carbons (Fsp3) is 0.192. The van der Waals surface area contributed by atoms with Crippen LogP contribution in [-0.4, -0.2) is 29.2 Å². The third-order valence-corrected chi connectivity index (χ3v) is 6.05. The summed E-state index contributed by atoms with van der Waals surface area (Å²) < 4.78 is 10.8. The standard InChI is InChI=1S/C26H23N3O2/c1-30-23-14-18(9-12-27-23)16-26(17-19-10-13-28-24(15-19)31-2)21-7-4-3-6-20(21)25-22(26)8-5-11-29-25/h3-15H,16-17H2,1-2H3. The van der Waals surface area contributed by atoms with Crippen molar-refractivity contribution in [3.05, 3.63) is 102 Å². The molecule has 0 unspecified atom stereocenters. The average molecular weight is 409 g/mol. The quantitative estimate of drug-likeness (QED) is 0.464. The predicted molar refractivity (Wildman–Crippen MR) is 119 cm³/mol. The highest BCUT2D eigenvalue weighted by Gasteiger charge is 2.44. The van der Waals surface area contributed by atoms with Gasteiger partial charge in [0.25, 0.3) is 0 Å². The first-order valence-corrected chi connectivity index (χ1v) is 10.3. The van der Waals surface area contributed by atoms with Crippen LogP contribution in [0.5, 0.6) is 11.8 Å². The molecule has 0 saturated heterocycles. The van der Waals surface area contributed by atoms with Gasteiger partial charge in [0.05, 0.1) is 19.9 Å². The van der Waals surface area contributed by atoms with E-state index in [9.17, 15) is 0 Å². The van der Waals surface area contributed by atoms with Crippen molar-refractivity contribution in [2.24, 2.45) is 0 Å². The van der Waals surface area contributed by atoms with Gasteiger partial charge >= 0.3 is 0 Å². The van der Waals surface area contributed by atoms with Crippen LogP contribution in [0.15, 0.2) is 79.3 Å². The number of hydrogen-bond donors (Lipinski definition) is 0. The minimum Gasteiger partial charge on any atom is -0.481 e. The number of rotatable bonds is 6. The molecule has 0 spiro atoms. The van der Waals surface area contributed by atoms with E-state index in [1.165, 1.54) is 27.8 Å². The third-order valence-electron chi connectivity index (χ3n) is 6.05. The Kier molecular flexibility index (Phi) is 4.86. The van der Waals surface area contributed by atoms with E-state index in [1.54, 1.807) is 14.2 Å². The first-order chi connectivity index (χ1) is 15.2. The highest BCUT2D eigenvalue weighted by molar-refractivity contribution is 5.78. The zero-order valence-corrected chi connectivity index (χ0v) is 17.6. The van der Waals surface area contributed by atoms with Crippen molar-refractivity contribution in [1.29, 1.82) is 0 Å². The van der Waals surface area contributed by atoms with Crippen molar-refractivity contribution in [3.63, 3.8) is 0 Å². The van der Waals surface area contributed by atoms with Crippen LogP contribution in [0.1, 0.15) is 22.3 Å². The molecule has 3 heterocycles. The molecule has 1 aliphatic carbocycles. The Hall–Kier alpha value is -3.73. The summed E-state index contributed by atoms with van der Waals surface area (Å²) in [5.74, 6) is 1.24. The molecule has 0 aliphatic heterocycles. The summed E-state index contributed by atoms with van der Waals surface area (Å²) in [5, 5.41) is 0. The molecule has 4 aromatic rings. The van der Waals surface area contributed by atoms with Gasteiger partial charge in [-0.1, -0.05) is 30.3 Å². The van der Waals surface area contributed by atoms with E-state index < -0.39 is 0 Å². The van der Waals surface area contributed by atoms with Crippen molar-refractivity contribution in [2.75, 3.05) is 14.2 Å². The SMILES string of the molecule is COc1cc(CC2(Cc3ccnc(OC)c3)c3ccccc3-c3ncccc32)ccn1. The molecule has 0 amide bonds. The van der Waals surface area contributed by atoms with E-state index >= 15 is 0 Å². The number of fused-ring (bicyclic) bond motifs is 3. The molecule has 0 saturated carbocycles. The molecular formula is C26H23N3O2. The maximum Gasteiger partial charge on any atom is 0.213 e. The van der Waals surface area contributed by atoms with Gasteiger partial charge in [0, 0.05) is 41.7 Å².